The van der Waals surface area contributed by atoms with E-state index in [9.17, 15) is 5.26 Å². The van der Waals surface area contributed by atoms with E-state index in [1.165, 1.54) is 6.08 Å². The number of furan rings is 1. The summed E-state index contributed by atoms with van der Waals surface area (Å²) in [6.07, 6.45) is 5.69. The van der Waals surface area contributed by atoms with Crippen molar-refractivity contribution in [3.63, 3.8) is 0 Å². The summed E-state index contributed by atoms with van der Waals surface area (Å²) in [4.78, 5) is 0. The number of benzene rings is 2. The largest absolute Gasteiger partial charge is 0.492 e. The second-order valence-electron chi connectivity index (χ2n) is 6.38. The summed E-state index contributed by atoms with van der Waals surface area (Å²) >= 11 is 0. The molecule has 0 fully saturated rings. The highest BCUT2D eigenvalue weighted by Gasteiger charge is 2.27. The van der Waals surface area contributed by atoms with Crippen molar-refractivity contribution in [1.29, 1.82) is 5.26 Å². The lowest BCUT2D eigenvalue weighted by Gasteiger charge is -2.21. The van der Waals surface area contributed by atoms with Crippen molar-refractivity contribution in [2.45, 2.75) is 6.42 Å². The lowest BCUT2D eigenvalue weighted by Crippen LogP contribution is -2.06. The molecule has 3 heterocycles. The maximum atomic E-state index is 9.23. The molecule has 0 unspecified atom stereocenters. The van der Waals surface area contributed by atoms with Gasteiger partial charge in [0, 0.05) is 22.9 Å². The minimum atomic E-state index is 0.524. The normalized spacial score (nSPS) is 17.3. The molecule has 0 atom stereocenters. The summed E-state index contributed by atoms with van der Waals surface area (Å²) in [6, 6.07) is 18.1. The van der Waals surface area contributed by atoms with Crippen LogP contribution < -0.4 is 4.74 Å². The third-order valence-corrected chi connectivity index (χ3v) is 4.85. The van der Waals surface area contributed by atoms with Crippen LogP contribution in [0.4, 0.5) is 0 Å². The molecule has 2 aliphatic rings. The lowest BCUT2D eigenvalue weighted by molar-refractivity contribution is 0.319. The zero-order chi connectivity index (χ0) is 18.2. The molecule has 0 saturated heterocycles. The van der Waals surface area contributed by atoms with Crippen molar-refractivity contribution >= 4 is 22.1 Å². The van der Waals surface area contributed by atoms with E-state index in [1.807, 2.05) is 30.3 Å². The highest BCUT2D eigenvalue weighted by molar-refractivity contribution is 5.98. The van der Waals surface area contributed by atoms with Crippen molar-refractivity contribution in [2.75, 3.05) is 6.61 Å². The zero-order valence-electron chi connectivity index (χ0n) is 14.4. The average Bonchev–Trinajstić information content (AvgIpc) is 3.17. The van der Waals surface area contributed by atoms with Crippen LogP contribution in [-0.4, -0.2) is 6.61 Å². The first-order chi connectivity index (χ1) is 13.3. The number of nitrogens with zero attached hydrogens (tertiary/aromatic N) is 1. The Balaban J connectivity index is 1.79. The van der Waals surface area contributed by atoms with Gasteiger partial charge in [0.2, 0.25) is 0 Å². The van der Waals surface area contributed by atoms with Gasteiger partial charge in [-0.2, -0.15) is 5.26 Å². The van der Waals surface area contributed by atoms with Crippen molar-refractivity contribution < 1.29 is 13.9 Å². The monoisotopic (exact) mass is 353 g/mol. The first-order valence-corrected chi connectivity index (χ1v) is 8.77. The second kappa shape index (κ2) is 6.22. The Labute approximate surface area is 156 Å². The molecule has 27 heavy (non-hydrogen) atoms. The van der Waals surface area contributed by atoms with E-state index < -0.39 is 0 Å². The van der Waals surface area contributed by atoms with Crippen molar-refractivity contribution in [2.24, 2.45) is 0 Å². The topological polar surface area (TPSA) is 55.4 Å². The number of allylic oxidation sites excluding steroid dienone is 4. The Hall–Kier alpha value is -3.71. The summed E-state index contributed by atoms with van der Waals surface area (Å²) in [6.45, 7) is 0.524. The SMILES string of the molecule is N#C/C=C1\OC(c2ccco2)=CC2=C1CCOc1c2ccc2ccccc12. The van der Waals surface area contributed by atoms with E-state index in [0.717, 1.165) is 33.2 Å². The van der Waals surface area contributed by atoms with Crippen LogP contribution in [0, 0.1) is 11.3 Å². The molecule has 0 aliphatic carbocycles. The Morgan fingerprint density at radius 2 is 1.96 bits per heavy atom. The summed E-state index contributed by atoms with van der Waals surface area (Å²) in [5.41, 5.74) is 2.98. The van der Waals surface area contributed by atoms with Crippen molar-refractivity contribution in [3.05, 3.63) is 89.6 Å². The van der Waals surface area contributed by atoms with E-state index in [4.69, 9.17) is 13.9 Å². The molecule has 5 rings (SSSR count). The molecule has 0 saturated carbocycles. The van der Waals surface area contributed by atoms with Gasteiger partial charge in [-0.25, -0.2) is 0 Å². The number of fused-ring (bicyclic) bond motifs is 4. The Morgan fingerprint density at radius 3 is 2.81 bits per heavy atom. The molecule has 0 spiro atoms. The van der Waals surface area contributed by atoms with Crippen LogP contribution in [0.15, 0.2) is 82.7 Å². The van der Waals surface area contributed by atoms with Crippen LogP contribution >= 0.6 is 0 Å². The van der Waals surface area contributed by atoms with Crippen LogP contribution in [0.25, 0.3) is 22.1 Å². The van der Waals surface area contributed by atoms with Gasteiger partial charge >= 0.3 is 0 Å². The quantitative estimate of drug-likeness (QED) is 0.546. The molecular formula is C23H15NO3. The molecule has 2 aliphatic heterocycles. The van der Waals surface area contributed by atoms with E-state index in [0.29, 0.717) is 30.3 Å². The minimum absolute atomic E-state index is 0.524. The number of hydrogen-bond acceptors (Lipinski definition) is 4. The molecule has 2 aromatic carbocycles. The van der Waals surface area contributed by atoms with Gasteiger partial charge in [0.15, 0.2) is 11.5 Å². The average molecular weight is 353 g/mol. The first-order valence-electron chi connectivity index (χ1n) is 8.77. The van der Waals surface area contributed by atoms with E-state index in [2.05, 4.69) is 30.3 Å². The number of hydrogen-bond donors (Lipinski definition) is 0. The molecular weight excluding hydrogens is 338 g/mol. The van der Waals surface area contributed by atoms with Gasteiger partial charge in [-0.3, -0.25) is 0 Å². The van der Waals surface area contributed by atoms with Crippen molar-refractivity contribution in [1.82, 2.24) is 0 Å². The Kier molecular flexibility index (Phi) is 3.58. The fourth-order valence-electron chi connectivity index (χ4n) is 3.64. The highest BCUT2D eigenvalue weighted by Crippen LogP contribution is 2.44. The predicted molar refractivity (Wildman–Crippen MR) is 102 cm³/mol. The Morgan fingerprint density at radius 1 is 1.04 bits per heavy atom. The van der Waals surface area contributed by atoms with Crippen LogP contribution in [0.2, 0.25) is 0 Å². The maximum absolute atomic E-state index is 9.23. The highest BCUT2D eigenvalue weighted by atomic mass is 16.5. The molecule has 0 radical (unpaired) electrons. The molecule has 1 aromatic heterocycles. The van der Waals surface area contributed by atoms with Crippen LogP contribution in [0.3, 0.4) is 0 Å². The summed E-state index contributed by atoms with van der Waals surface area (Å²) in [5.74, 6) is 2.62. The van der Waals surface area contributed by atoms with Crippen LogP contribution in [0.1, 0.15) is 17.7 Å². The molecule has 4 nitrogen and oxygen atoms in total. The molecule has 3 aromatic rings. The smallest absolute Gasteiger partial charge is 0.170 e. The van der Waals surface area contributed by atoms with Gasteiger partial charge in [0.05, 0.1) is 25.0 Å². The third-order valence-electron chi connectivity index (χ3n) is 4.85. The van der Waals surface area contributed by atoms with Gasteiger partial charge < -0.3 is 13.9 Å². The first kappa shape index (κ1) is 15.5. The van der Waals surface area contributed by atoms with Gasteiger partial charge in [-0.05, 0) is 35.2 Å². The number of ether oxygens (including phenoxy) is 2. The number of rotatable bonds is 1. The van der Waals surface area contributed by atoms with Gasteiger partial charge in [0.1, 0.15) is 11.5 Å². The molecule has 0 N–H and O–H groups in total. The predicted octanol–water partition coefficient (Wildman–Crippen LogP) is 5.45. The number of nitriles is 1. The fraction of sp³-hybridized carbons (Fsp3) is 0.0870. The summed E-state index contributed by atoms with van der Waals surface area (Å²) in [7, 11) is 0. The van der Waals surface area contributed by atoms with Gasteiger partial charge in [0.25, 0.3) is 0 Å². The summed E-state index contributed by atoms with van der Waals surface area (Å²) < 4.78 is 17.6. The van der Waals surface area contributed by atoms with Crippen LogP contribution in [0.5, 0.6) is 5.75 Å². The molecule has 4 heteroatoms. The zero-order valence-corrected chi connectivity index (χ0v) is 14.4. The van der Waals surface area contributed by atoms with Gasteiger partial charge in [-0.1, -0.05) is 30.3 Å². The third kappa shape index (κ3) is 2.52. The van der Waals surface area contributed by atoms with Crippen LogP contribution in [-0.2, 0) is 4.74 Å². The molecule has 0 bridgehead atoms. The van der Waals surface area contributed by atoms with E-state index in [-0.39, 0.29) is 0 Å². The van der Waals surface area contributed by atoms with E-state index >= 15 is 0 Å². The maximum Gasteiger partial charge on any atom is 0.170 e. The molecule has 130 valence electrons. The Bertz CT molecular complexity index is 1170. The lowest BCUT2D eigenvalue weighted by atomic mass is 9.92. The van der Waals surface area contributed by atoms with Gasteiger partial charge in [-0.15, -0.1) is 0 Å². The van der Waals surface area contributed by atoms with Crippen molar-refractivity contribution in [3.8, 4) is 11.8 Å². The summed E-state index contributed by atoms with van der Waals surface area (Å²) in [5, 5.41) is 11.4. The standard InChI is InChI=1S/C23H15NO3/c24-11-9-20-17-10-13-26-23-16-5-2-1-4-15(16)7-8-18(23)19(17)14-22(27-20)21-6-3-12-25-21/h1-9,12,14H,10,13H2/b20-9-. The van der Waals surface area contributed by atoms with E-state index in [1.54, 1.807) is 6.26 Å². The fourth-order valence-corrected chi connectivity index (χ4v) is 3.64. The second-order valence-corrected chi connectivity index (χ2v) is 6.38. The minimum Gasteiger partial charge on any atom is -0.492 e. The molecule has 0 amide bonds.